The van der Waals surface area contributed by atoms with Crippen molar-refractivity contribution in [3.8, 4) is 0 Å². The third kappa shape index (κ3) is 2.08. The van der Waals surface area contributed by atoms with Gasteiger partial charge >= 0.3 is 5.69 Å². The maximum atomic E-state index is 12.8. The minimum Gasteiger partial charge on any atom is -0.370 e. The molecule has 3 aliphatic rings. The Kier molecular flexibility index (Phi) is 3.13. The summed E-state index contributed by atoms with van der Waals surface area (Å²) in [4.78, 5) is 38.8. The minimum absolute atomic E-state index is 0.227. The van der Waals surface area contributed by atoms with Gasteiger partial charge in [-0.3, -0.25) is 24.0 Å². The molecule has 1 unspecified atom stereocenters. The predicted molar refractivity (Wildman–Crippen MR) is 96.1 cm³/mol. The van der Waals surface area contributed by atoms with Gasteiger partial charge in [0.05, 0.1) is 11.0 Å². The summed E-state index contributed by atoms with van der Waals surface area (Å²) < 4.78 is 3.11. The van der Waals surface area contributed by atoms with E-state index in [0.717, 1.165) is 42.9 Å². The molecule has 8 nitrogen and oxygen atoms in total. The highest BCUT2D eigenvalue weighted by molar-refractivity contribution is 6.00. The molecule has 1 atom stereocenters. The van der Waals surface area contributed by atoms with Crippen molar-refractivity contribution in [2.75, 3.05) is 31.1 Å². The normalized spacial score (nSPS) is 24.5. The van der Waals surface area contributed by atoms with Gasteiger partial charge in [0.15, 0.2) is 0 Å². The van der Waals surface area contributed by atoms with E-state index in [1.165, 1.54) is 4.57 Å². The predicted octanol–water partition coefficient (Wildman–Crippen LogP) is -0.273. The topological polar surface area (TPSA) is 88.4 Å². The van der Waals surface area contributed by atoms with Crippen LogP contribution in [0.15, 0.2) is 23.0 Å². The second-order valence-corrected chi connectivity index (χ2v) is 7.81. The Morgan fingerprint density at radius 3 is 2.54 bits per heavy atom. The lowest BCUT2D eigenvalue weighted by Gasteiger charge is -2.57. The number of imide groups is 1. The molecule has 0 aliphatic carbocycles. The molecule has 0 saturated carbocycles. The fraction of sp³-hybridized carbons (Fsp3) is 0.500. The summed E-state index contributed by atoms with van der Waals surface area (Å²) in [5.41, 5.74) is 2.85. The molecule has 1 spiro atoms. The van der Waals surface area contributed by atoms with Gasteiger partial charge in [-0.25, -0.2) is 4.79 Å². The first-order valence-electron chi connectivity index (χ1n) is 8.98. The molecular weight excluding hydrogens is 334 g/mol. The third-order valence-electron chi connectivity index (χ3n) is 6.01. The van der Waals surface area contributed by atoms with E-state index >= 15 is 0 Å². The maximum absolute atomic E-state index is 12.8. The van der Waals surface area contributed by atoms with Gasteiger partial charge in [0.2, 0.25) is 11.8 Å². The van der Waals surface area contributed by atoms with E-state index in [9.17, 15) is 14.4 Å². The largest absolute Gasteiger partial charge is 0.370 e. The van der Waals surface area contributed by atoms with Crippen LogP contribution < -0.4 is 21.2 Å². The van der Waals surface area contributed by atoms with Crippen molar-refractivity contribution < 1.29 is 9.59 Å². The molecule has 0 bridgehead atoms. The molecule has 136 valence electrons. The van der Waals surface area contributed by atoms with E-state index in [0.29, 0.717) is 11.8 Å². The van der Waals surface area contributed by atoms with Crippen molar-refractivity contribution in [2.45, 2.75) is 18.9 Å². The molecule has 3 fully saturated rings. The Morgan fingerprint density at radius 1 is 1.12 bits per heavy atom. The van der Waals surface area contributed by atoms with E-state index in [-0.39, 0.29) is 18.0 Å². The van der Waals surface area contributed by atoms with Crippen LogP contribution in [0.4, 0.5) is 5.69 Å². The fourth-order valence-electron chi connectivity index (χ4n) is 4.43. The monoisotopic (exact) mass is 355 g/mol. The molecule has 2 N–H and O–H groups in total. The van der Waals surface area contributed by atoms with Crippen LogP contribution in [-0.2, 0) is 16.6 Å². The van der Waals surface area contributed by atoms with Crippen LogP contribution in [-0.4, -0.2) is 47.1 Å². The van der Waals surface area contributed by atoms with E-state index < -0.39 is 11.9 Å². The maximum Gasteiger partial charge on any atom is 0.329 e. The number of nitrogens with zero attached hydrogens (tertiary/aromatic N) is 3. The van der Waals surface area contributed by atoms with Crippen LogP contribution in [0.25, 0.3) is 11.0 Å². The average Bonchev–Trinajstić information content (AvgIpc) is 2.77. The van der Waals surface area contributed by atoms with Crippen molar-refractivity contribution in [3.05, 3.63) is 28.7 Å². The quantitative estimate of drug-likeness (QED) is 0.724. The number of hydrogen-bond donors (Lipinski definition) is 2. The zero-order valence-corrected chi connectivity index (χ0v) is 14.6. The van der Waals surface area contributed by atoms with Gasteiger partial charge in [0, 0.05) is 50.7 Å². The van der Waals surface area contributed by atoms with E-state index in [2.05, 4.69) is 15.5 Å². The number of carbonyl (C=O) groups is 2. The Hall–Kier alpha value is -2.61. The van der Waals surface area contributed by atoms with E-state index in [1.54, 1.807) is 11.6 Å². The molecule has 8 heteroatoms. The van der Waals surface area contributed by atoms with Crippen molar-refractivity contribution in [3.63, 3.8) is 0 Å². The van der Waals surface area contributed by atoms with Gasteiger partial charge in [0.25, 0.3) is 0 Å². The van der Waals surface area contributed by atoms with E-state index in [1.807, 2.05) is 18.2 Å². The summed E-state index contributed by atoms with van der Waals surface area (Å²) in [5, 5.41) is 5.67. The molecule has 5 rings (SSSR count). The number of rotatable bonds is 2. The number of amides is 2. The number of carbonyl (C=O) groups excluding carboxylic acids is 2. The highest BCUT2D eigenvalue weighted by Gasteiger charge is 2.47. The Labute approximate surface area is 149 Å². The third-order valence-corrected chi connectivity index (χ3v) is 6.01. The number of aromatic nitrogens is 2. The van der Waals surface area contributed by atoms with Crippen molar-refractivity contribution >= 4 is 28.5 Å². The van der Waals surface area contributed by atoms with Crippen LogP contribution in [0.5, 0.6) is 0 Å². The number of anilines is 1. The van der Waals surface area contributed by atoms with Crippen molar-refractivity contribution in [1.29, 1.82) is 0 Å². The highest BCUT2D eigenvalue weighted by atomic mass is 16.2. The number of piperidine rings is 1. The van der Waals surface area contributed by atoms with Crippen LogP contribution in [0.2, 0.25) is 0 Å². The van der Waals surface area contributed by atoms with Gasteiger partial charge in [-0.05, 0) is 24.6 Å². The number of benzene rings is 1. The lowest BCUT2D eigenvalue weighted by molar-refractivity contribution is -0.135. The molecule has 3 saturated heterocycles. The molecule has 4 heterocycles. The summed E-state index contributed by atoms with van der Waals surface area (Å²) in [7, 11) is 1.73. The van der Waals surface area contributed by atoms with Gasteiger partial charge in [-0.15, -0.1) is 0 Å². The molecule has 1 aromatic heterocycles. The number of imidazole rings is 1. The highest BCUT2D eigenvalue weighted by Crippen LogP contribution is 2.38. The summed E-state index contributed by atoms with van der Waals surface area (Å²) in [6.45, 7) is 4.23. The van der Waals surface area contributed by atoms with Gasteiger partial charge in [-0.1, -0.05) is 0 Å². The molecule has 2 aromatic rings. The first-order valence-corrected chi connectivity index (χ1v) is 8.98. The first-order chi connectivity index (χ1) is 12.5. The lowest BCUT2D eigenvalue weighted by Crippen LogP contribution is -2.71. The Bertz CT molecular complexity index is 992. The first kappa shape index (κ1) is 15.6. The number of nitrogens with one attached hydrogen (secondary N) is 2. The van der Waals surface area contributed by atoms with Gasteiger partial charge in [0.1, 0.15) is 6.04 Å². The van der Waals surface area contributed by atoms with E-state index in [4.69, 9.17) is 0 Å². The number of aryl methyl sites for hydroxylation is 1. The number of hydrogen-bond acceptors (Lipinski definition) is 5. The van der Waals surface area contributed by atoms with Crippen LogP contribution in [0.3, 0.4) is 0 Å². The SMILES string of the molecule is Cn1c(=O)n(C2CCC(=O)NC2=O)c2ccc(N3CC4(CNC4)C3)cc21. The zero-order chi connectivity index (χ0) is 18.1. The minimum atomic E-state index is -0.636. The Balaban J connectivity index is 1.52. The van der Waals surface area contributed by atoms with Crippen LogP contribution in [0.1, 0.15) is 18.9 Å². The molecule has 26 heavy (non-hydrogen) atoms. The van der Waals surface area contributed by atoms with Crippen molar-refractivity contribution in [1.82, 2.24) is 19.8 Å². The molecule has 2 amide bonds. The molecule has 1 aromatic carbocycles. The average molecular weight is 355 g/mol. The second-order valence-electron chi connectivity index (χ2n) is 7.81. The Morgan fingerprint density at radius 2 is 1.88 bits per heavy atom. The molecule has 3 aliphatic heterocycles. The van der Waals surface area contributed by atoms with Crippen LogP contribution >= 0.6 is 0 Å². The summed E-state index contributed by atoms with van der Waals surface area (Å²) in [6.07, 6.45) is 0.605. The standard InChI is InChI=1S/C18H21N5O3/c1-21-14-6-11(22-9-18(10-22)7-19-8-18)2-3-12(14)23(17(21)26)13-4-5-15(24)20-16(13)25/h2-3,6,13,19H,4-5,7-10H2,1H3,(H,20,24,25). The molecule has 0 radical (unpaired) electrons. The van der Waals surface area contributed by atoms with Gasteiger partial charge < -0.3 is 10.2 Å². The smallest absolute Gasteiger partial charge is 0.329 e. The zero-order valence-electron chi connectivity index (χ0n) is 14.6. The van der Waals surface area contributed by atoms with Crippen molar-refractivity contribution in [2.24, 2.45) is 12.5 Å². The van der Waals surface area contributed by atoms with Gasteiger partial charge in [-0.2, -0.15) is 0 Å². The van der Waals surface area contributed by atoms with Crippen LogP contribution in [0, 0.1) is 5.41 Å². The molecular formula is C18H21N5O3. The summed E-state index contributed by atoms with van der Waals surface area (Å²) in [6, 6.07) is 5.32. The second kappa shape index (κ2) is 5.20. The fourth-order valence-corrected chi connectivity index (χ4v) is 4.43. The lowest BCUT2D eigenvalue weighted by atomic mass is 9.74. The summed E-state index contributed by atoms with van der Waals surface area (Å²) in [5.74, 6) is -0.680. The number of fused-ring (bicyclic) bond motifs is 1. The summed E-state index contributed by atoms with van der Waals surface area (Å²) >= 11 is 0.